The first kappa shape index (κ1) is 13.0. The number of hydrogen-bond acceptors (Lipinski definition) is 3. The summed E-state index contributed by atoms with van der Waals surface area (Å²) in [7, 11) is 1.46. The van der Waals surface area contributed by atoms with E-state index in [9.17, 15) is 4.79 Å². The standard InChI is InChI=1S/C14H15N3O2/c1-19-17(13-7-3-2-4-8-13)14(18)16-11-12-6-5-9-15-10-12/h2-10H,11H2,1H3,(H,16,18). The van der Waals surface area contributed by atoms with Gasteiger partial charge in [-0.05, 0) is 23.8 Å². The number of aromatic nitrogens is 1. The quantitative estimate of drug-likeness (QED) is 0.855. The maximum absolute atomic E-state index is 12.0. The van der Waals surface area contributed by atoms with Gasteiger partial charge in [-0.15, -0.1) is 0 Å². The topological polar surface area (TPSA) is 54.5 Å². The van der Waals surface area contributed by atoms with Crippen molar-refractivity contribution in [1.82, 2.24) is 10.3 Å². The highest BCUT2D eigenvalue weighted by Gasteiger charge is 2.14. The molecule has 0 radical (unpaired) electrons. The molecule has 2 aromatic rings. The first-order valence-corrected chi connectivity index (χ1v) is 5.87. The monoisotopic (exact) mass is 257 g/mol. The van der Waals surface area contributed by atoms with Crippen LogP contribution >= 0.6 is 0 Å². The molecule has 1 N–H and O–H groups in total. The molecule has 0 spiro atoms. The maximum atomic E-state index is 12.0. The molecule has 1 heterocycles. The molecule has 0 atom stereocenters. The van der Waals surface area contributed by atoms with E-state index in [1.807, 2.05) is 30.3 Å². The van der Waals surface area contributed by atoms with Gasteiger partial charge in [0.1, 0.15) is 0 Å². The van der Waals surface area contributed by atoms with Crippen molar-refractivity contribution < 1.29 is 9.63 Å². The maximum Gasteiger partial charge on any atom is 0.346 e. The number of hydrogen-bond donors (Lipinski definition) is 1. The second-order valence-electron chi connectivity index (χ2n) is 3.83. The van der Waals surface area contributed by atoms with E-state index in [-0.39, 0.29) is 6.03 Å². The van der Waals surface area contributed by atoms with E-state index in [0.29, 0.717) is 12.2 Å². The fourth-order valence-corrected chi connectivity index (χ4v) is 1.62. The number of urea groups is 1. The molecule has 2 amide bonds. The molecule has 98 valence electrons. The molecule has 0 fully saturated rings. The molecule has 1 aromatic heterocycles. The Hall–Kier alpha value is -2.40. The van der Waals surface area contributed by atoms with Crippen molar-refractivity contribution in [3.05, 3.63) is 60.4 Å². The molecule has 0 unspecified atom stereocenters. The molecule has 19 heavy (non-hydrogen) atoms. The summed E-state index contributed by atoms with van der Waals surface area (Å²) in [5.41, 5.74) is 1.61. The first-order chi connectivity index (χ1) is 9.31. The van der Waals surface area contributed by atoms with Crippen LogP contribution in [0.15, 0.2) is 54.9 Å². The average Bonchev–Trinajstić information content (AvgIpc) is 2.48. The molecule has 0 aliphatic carbocycles. The molecule has 5 heteroatoms. The Kier molecular flexibility index (Phi) is 4.47. The smallest absolute Gasteiger partial charge is 0.332 e. The highest BCUT2D eigenvalue weighted by molar-refractivity contribution is 5.89. The van der Waals surface area contributed by atoms with Gasteiger partial charge < -0.3 is 5.32 Å². The average molecular weight is 257 g/mol. The van der Waals surface area contributed by atoms with Gasteiger partial charge in [0.25, 0.3) is 0 Å². The van der Waals surface area contributed by atoms with Crippen molar-refractivity contribution in [1.29, 1.82) is 0 Å². The number of carbonyl (C=O) groups is 1. The van der Waals surface area contributed by atoms with Crippen LogP contribution < -0.4 is 10.4 Å². The van der Waals surface area contributed by atoms with Crippen LogP contribution in [0, 0.1) is 0 Å². The van der Waals surface area contributed by atoms with Crippen LogP contribution in [0.1, 0.15) is 5.56 Å². The number of hydroxylamine groups is 1. The Bertz CT molecular complexity index is 517. The Morgan fingerprint density at radius 2 is 2.05 bits per heavy atom. The van der Waals surface area contributed by atoms with E-state index in [2.05, 4.69) is 10.3 Å². The lowest BCUT2D eigenvalue weighted by molar-refractivity contribution is 0.162. The Labute approximate surface area is 111 Å². The van der Waals surface area contributed by atoms with Crippen LogP contribution in [0.4, 0.5) is 10.5 Å². The number of pyridine rings is 1. The number of anilines is 1. The number of benzene rings is 1. The van der Waals surface area contributed by atoms with Gasteiger partial charge in [-0.3, -0.25) is 9.82 Å². The van der Waals surface area contributed by atoms with Crippen LogP contribution in [-0.4, -0.2) is 18.1 Å². The summed E-state index contributed by atoms with van der Waals surface area (Å²) in [5.74, 6) is 0. The Balaban J connectivity index is 1.98. The normalized spacial score (nSPS) is 9.95. The van der Waals surface area contributed by atoms with Crippen molar-refractivity contribution >= 4 is 11.7 Å². The third-order valence-corrected chi connectivity index (χ3v) is 2.52. The Morgan fingerprint density at radius 3 is 2.68 bits per heavy atom. The molecular formula is C14H15N3O2. The summed E-state index contributed by atoms with van der Waals surface area (Å²) in [4.78, 5) is 21.1. The van der Waals surface area contributed by atoms with E-state index in [4.69, 9.17) is 4.84 Å². The van der Waals surface area contributed by atoms with Gasteiger partial charge in [0.2, 0.25) is 0 Å². The van der Waals surface area contributed by atoms with Crippen molar-refractivity contribution in [3.63, 3.8) is 0 Å². The van der Waals surface area contributed by atoms with Crippen LogP contribution in [0.3, 0.4) is 0 Å². The largest absolute Gasteiger partial charge is 0.346 e. The summed E-state index contributed by atoms with van der Waals surface area (Å²) >= 11 is 0. The third kappa shape index (κ3) is 3.53. The molecule has 0 saturated carbocycles. The molecule has 1 aromatic carbocycles. The number of carbonyl (C=O) groups excluding carboxylic acids is 1. The van der Waals surface area contributed by atoms with E-state index >= 15 is 0 Å². The summed E-state index contributed by atoms with van der Waals surface area (Å²) < 4.78 is 0. The van der Waals surface area contributed by atoms with Crippen LogP contribution in [0.5, 0.6) is 0 Å². The van der Waals surface area contributed by atoms with Crippen molar-refractivity contribution in [2.24, 2.45) is 0 Å². The molecular weight excluding hydrogens is 242 g/mol. The predicted octanol–water partition coefficient (Wildman–Crippen LogP) is 2.36. The number of nitrogens with zero attached hydrogens (tertiary/aromatic N) is 2. The van der Waals surface area contributed by atoms with Crippen LogP contribution in [-0.2, 0) is 11.4 Å². The lowest BCUT2D eigenvalue weighted by Gasteiger charge is -2.20. The minimum absolute atomic E-state index is 0.322. The van der Waals surface area contributed by atoms with Gasteiger partial charge in [0, 0.05) is 18.9 Å². The first-order valence-electron chi connectivity index (χ1n) is 5.87. The zero-order chi connectivity index (χ0) is 13.5. The van der Waals surface area contributed by atoms with E-state index in [1.54, 1.807) is 24.5 Å². The Morgan fingerprint density at radius 1 is 1.26 bits per heavy atom. The van der Waals surface area contributed by atoms with Gasteiger partial charge in [0.15, 0.2) is 0 Å². The lowest BCUT2D eigenvalue weighted by Crippen LogP contribution is -2.39. The number of amides is 2. The minimum Gasteiger partial charge on any atom is -0.332 e. The van der Waals surface area contributed by atoms with Gasteiger partial charge in [-0.1, -0.05) is 24.3 Å². The lowest BCUT2D eigenvalue weighted by atomic mass is 10.3. The van der Waals surface area contributed by atoms with Gasteiger partial charge in [0.05, 0.1) is 12.8 Å². The molecule has 5 nitrogen and oxygen atoms in total. The number of para-hydroxylation sites is 1. The fourth-order valence-electron chi connectivity index (χ4n) is 1.62. The van der Waals surface area contributed by atoms with Gasteiger partial charge >= 0.3 is 6.03 Å². The SMILES string of the molecule is CON(C(=O)NCc1cccnc1)c1ccccc1. The fraction of sp³-hybridized carbons (Fsp3) is 0.143. The second kappa shape index (κ2) is 6.51. The van der Waals surface area contributed by atoms with Gasteiger partial charge in [-0.2, -0.15) is 5.06 Å². The highest BCUT2D eigenvalue weighted by Crippen LogP contribution is 2.13. The highest BCUT2D eigenvalue weighted by atomic mass is 16.7. The molecule has 2 rings (SSSR count). The zero-order valence-corrected chi connectivity index (χ0v) is 10.6. The van der Waals surface area contributed by atoms with Crippen LogP contribution in [0.25, 0.3) is 0 Å². The van der Waals surface area contributed by atoms with E-state index < -0.39 is 0 Å². The molecule has 0 aliphatic heterocycles. The van der Waals surface area contributed by atoms with Crippen molar-refractivity contribution in [2.75, 3.05) is 12.2 Å². The number of rotatable bonds is 4. The minimum atomic E-state index is -0.322. The summed E-state index contributed by atoms with van der Waals surface area (Å²) in [6, 6.07) is 12.6. The van der Waals surface area contributed by atoms with Crippen LogP contribution in [0.2, 0.25) is 0 Å². The third-order valence-electron chi connectivity index (χ3n) is 2.52. The van der Waals surface area contributed by atoms with E-state index in [0.717, 1.165) is 5.56 Å². The van der Waals surface area contributed by atoms with Gasteiger partial charge in [-0.25, -0.2) is 4.79 Å². The zero-order valence-electron chi connectivity index (χ0n) is 10.6. The van der Waals surface area contributed by atoms with E-state index in [1.165, 1.54) is 12.2 Å². The summed E-state index contributed by atoms with van der Waals surface area (Å²) in [5, 5.41) is 3.98. The second-order valence-corrected chi connectivity index (χ2v) is 3.83. The van der Waals surface area contributed by atoms with Crippen molar-refractivity contribution in [3.8, 4) is 0 Å². The molecule has 0 bridgehead atoms. The van der Waals surface area contributed by atoms with Crippen molar-refractivity contribution in [2.45, 2.75) is 6.54 Å². The molecule has 0 saturated heterocycles. The predicted molar refractivity (Wildman–Crippen MR) is 72.4 cm³/mol. The number of nitrogens with one attached hydrogen (secondary N) is 1. The summed E-state index contributed by atoms with van der Waals surface area (Å²) in [6.45, 7) is 0.402. The summed E-state index contributed by atoms with van der Waals surface area (Å²) in [6.07, 6.45) is 3.40. The molecule has 0 aliphatic rings.